The molecule has 50 heavy (non-hydrogen) atoms. The second-order valence-electron chi connectivity index (χ2n) is 11.5. The molecule has 0 aliphatic carbocycles. The number of pyridine rings is 1. The van der Waals surface area contributed by atoms with E-state index in [0.717, 1.165) is 15.5 Å². The Hall–Kier alpha value is -3.85. The fourth-order valence-corrected chi connectivity index (χ4v) is 6.11. The first-order valence-electron chi connectivity index (χ1n) is 15.1. The van der Waals surface area contributed by atoms with Crippen LogP contribution in [-0.4, -0.2) is 50.5 Å². The molecule has 0 fully saturated rings. The standard InChI is InChI=1S/C34H35N6O7PS.Na.H/c1-21(2)27-16-15-26-30(38-27)35-20-36-31(26)39-28-18-22(10-17-29(28)49-25-13-11-24(12-14-25)37-33(42)46-4)32(41)40-34(3,19-47-48(43,44)45)23-8-6-5-7-9-23;;/h5-18,20-21H,19H2,1-4H3,(H,37,42)(H,40,41)(H2,43,44,45)(H,35,36,38,39);;/q;+1;-1. The van der Waals surface area contributed by atoms with Crippen molar-refractivity contribution in [2.75, 3.05) is 24.4 Å². The molecule has 0 spiro atoms. The van der Waals surface area contributed by atoms with Crippen LogP contribution in [0.25, 0.3) is 11.0 Å². The van der Waals surface area contributed by atoms with Crippen LogP contribution in [0.2, 0.25) is 0 Å². The van der Waals surface area contributed by atoms with Gasteiger partial charge in [0, 0.05) is 26.7 Å². The molecule has 0 radical (unpaired) electrons. The van der Waals surface area contributed by atoms with Gasteiger partial charge in [-0.25, -0.2) is 24.3 Å². The van der Waals surface area contributed by atoms with Crippen LogP contribution in [0.3, 0.4) is 0 Å². The van der Waals surface area contributed by atoms with Gasteiger partial charge < -0.3 is 26.6 Å². The zero-order chi connectivity index (χ0) is 35.2. The molecule has 16 heteroatoms. The summed E-state index contributed by atoms with van der Waals surface area (Å²) in [6, 6.07) is 24.9. The molecule has 256 valence electrons. The van der Waals surface area contributed by atoms with Gasteiger partial charge in [0.15, 0.2) is 5.65 Å². The zero-order valence-corrected chi connectivity index (χ0v) is 31.8. The first-order chi connectivity index (χ1) is 23.3. The molecule has 2 aromatic heterocycles. The van der Waals surface area contributed by atoms with Gasteiger partial charge in [-0.05, 0) is 73.0 Å². The normalized spacial score (nSPS) is 12.5. The SMILES string of the molecule is COC(=O)Nc1ccc(Sc2ccc(C(=O)NC(C)(COP(=O)(O)O)c3ccccc3)cc2Nc2ncnc3nc(C(C)C)ccc23)cc1.[H-].[Na+]. The molecule has 13 nitrogen and oxygen atoms in total. The van der Waals surface area contributed by atoms with E-state index in [1.807, 2.05) is 38.1 Å². The number of nitrogens with zero attached hydrogens (tertiary/aromatic N) is 3. The molecule has 0 aliphatic heterocycles. The largest absolute Gasteiger partial charge is 1.00 e. The monoisotopic (exact) mass is 726 g/mol. The Bertz CT molecular complexity index is 2020. The van der Waals surface area contributed by atoms with Crippen molar-refractivity contribution in [3.63, 3.8) is 0 Å². The first-order valence-corrected chi connectivity index (χ1v) is 17.4. The molecule has 0 bridgehead atoms. The molecule has 5 aromatic rings. The number of hydrogen-bond donors (Lipinski definition) is 5. The number of phosphoric ester groups is 1. The first kappa shape index (κ1) is 38.9. The minimum absolute atomic E-state index is 0. The van der Waals surface area contributed by atoms with Crippen LogP contribution in [0, 0.1) is 0 Å². The molecule has 0 saturated heterocycles. The topological polar surface area (TPSA) is 185 Å². The van der Waals surface area contributed by atoms with Crippen molar-refractivity contribution in [1.29, 1.82) is 0 Å². The molecule has 1 atom stereocenters. The Labute approximate surface area is 317 Å². The van der Waals surface area contributed by atoms with Gasteiger partial charge in [0.05, 0.1) is 30.3 Å². The zero-order valence-electron chi connectivity index (χ0n) is 29.1. The van der Waals surface area contributed by atoms with Gasteiger partial charge in [0.25, 0.3) is 5.91 Å². The Morgan fingerprint density at radius 2 is 1.72 bits per heavy atom. The second-order valence-corrected chi connectivity index (χ2v) is 13.8. The van der Waals surface area contributed by atoms with Crippen LogP contribution in [-0.2, 0) is 19.4 Å². The Kier molecular flexibility index (Phi) is 13.2. The third-order valence-electron chi connectivity index (χ3n) is 7.44. The average Bonchev–Trinajstić information content (AvgIpc) is 3.08. The number of hydrogen-bond acceptors (Lipinski definition) is 10. The maximum atomic E-state index is 13.8. The number of phosphoric acid groups is 1. The van der Waals surface area contributed by atoms with Crippen molar-refractivity contribution in [2.45, 2.75) is 42.0 Å². The summed E-state index contributed by atoms with van der Waals surface area (Å²) in [5.74, 6) is 0.181. The second kappa shape index (κ2) is 16.9. The molecule has 2 amide bonds. The number of aromatic nitrogens is 3. The van der Waals surface area contributed by atoms with Crippen LogP contribution in [0.5, 0.6) is 0 Å². The van der Waals surface area contributed by atoms with Crippen LogP contribution >= 0.6 is 19.6 Å². The quantitative estimate of drug-likeness (QED) is 0.0918. The predicted molar refractivity (Wildman–Crippen MR) is 188 cm³/mol. The van der Waals surface area contributed by atoms with Gasteiger partial charge >= 0.3 is 43.5 Å². The minimum atomic E-state index is -4.83. The number of ether oxygens (including phenoxy) is 1. The molecule has 2 heterocycles. The molecule has 1 unspecified atom stereocenters. The van der Waals surface area contributed by atoms with E-state index in [4.69, 9.17) is 4.52 Å². The average molecular weight is 727 g/mol. The fourth-order valence-electron chi connectivity index (χ4n) is 4.80. The summed E-state index contributed by atoms with van der Waals surface area (Å²) in [7, 11) is -3.55. The van der Waals surface area contributed by atoms with Crippen LogP contribution < -0.4 is 45.5 Å². The van der Waals surface area contributed by atoms with E-state index in [1.165, 1.54) is 25.2 Å². The smallest absolute Gasteiger partial charge is 1.00 e. The number of anilines is 3. The summed E-state index contributed by atoms with van der Waals surface area (Å²) < 4.78 is 21.1. The summed E-state index contributed by atoms with van der Waals surface area (Å²) in [4.78, 5) is 59.4. The van der Waals surface area contributed by atoms with E-state index in [1.54, 1.807) is 67.6 Å². The van der Waals surface area contributed by atoms with E-state index >= 15 is 0 Å². The third-order valence-corrected chi connectivity index (χ3v) is 8.99. The molecule has 5 N–H and O–H groups in total. The van der Waals surface area contributed by atoms with Crippen molar-refractivity contribution in [2.24, 2.45) is 0 Å². The van der Waals surface area contributed by atoms with Gasteiger partial charge in [-0.3, -0.25) is 14.6 Å². The van der Waals surface area contributed by atoms with Gasteiger partial charge in [-0.1, -0.05) is 55.9 Å². The number of methoxy groups -OCH3 is 1. The number of rotatable bonds is 12. The van der Waals surface area contributed by atoms with Gasteiger partial charge in [-0.2, -0.15) is 0 Å². The van der Waals surface area contributed by atoms with Gasteiger partial charge in [0.2, 0.25) is 0 Å². The Balaban J connectivity index is 0.00000351. The number of benzene rings is 3. The van der Waals surface area contributed by atoms with Crippen molar-refractivity contribution in [1.82, 2.24) is 20.3 Å². The molecule has 0 aliphatic rings. The summed E-state index contributed by atoms with van der Waals surface area (Å²) in [5, 5.41) is 9.59. The number of carbonyl (C=O) groups excluding carboxylic acids is 2. The predicted octanol–water partition coefficient (Wildman–Crippen LogP) is 4.09. The Morgan fingerprint density at radius 1 is 1.00 bits per heavy atom. The van der Waals surface area contributed by atoms with E-state index in [-0.39, 0.29) is 42.5 Å². The van der Waals surface area contributed by atoms with Crippen molar-refractivity contribution in [3.05, 3.63) is 108 Å². The van der Waals surface area contributed by atoms with E-state index in [9.17, 15) is 23.9 Å². The van der Waals surface area contributed by atoms with Gasteiger partial charge in [0.1, 0.15) is 12.1 Å². The van der Waals surface area contributed by atoms with Crippen LogP contribution in [0.1, 0.15) is 49.7 Å². The van der Waals surface area contributed by atoms with E-state index in [0.29, 0.717) is 33.8 Å². The Morgan fingerprint density at radius 3 is 2.38 bits per heavy atom. The molecular formula is C34H36N6NaO7PS. The summed E-state index contributed by atoms with van der Waals surface area (Å²) in [5.41, 5.74) is 2.09. The number of carbonyl (C=O) groups is 2. The number of nitrogens with one attached hydrogen (secondary N) is 3. The molecule has 0 saturated carbocycles. The summed E-state index contributed by atoms with van der Waals surface area (Å²) in [6.45, 7) is 5.25. The minimum Gasteiger partial charge on any atom is -1.00 e. The maximum absolute atomic E-state index is 13.8. The molecule has 3 aromatic carbocycles. The van der Waals surface area contributed by atoms with Crippen molar-refractivity contribution >= 4 is 59.8 Å². The maximum Gasteiger partial charge on any atom is 1.00 e. The number of amides is 2. The van der Waals surface area contributed by atoms with Crippen molar-refractivity contribution < 1.29 is 64.2 Å². The third kappa shape index (κ3) is 10.1. The summed E-state index contributed by atoms with van der Waals surface area (Å²) in [6.07, 6.45) is 0.842. The van der Waals surface area contributed by atoms with E-state index < -0.39 is 32.0 Å². The molecule has 5 rings (SSSR count). The van der Waals surface area contributed by atoms with Crippen molar-refractivity contribution in [3.8, 4) is 0 Å². The number of fused-ring (bicyclic) bond motifs is 1. The molecular weight excluding hydrogens is 690 g/mol. The van der Waals surface area contributed by atoms with Crippen LogP contribution in [0.15, 0.2) is 101 Å². The van der Waals surface area contributed by atoms with Gasteiger partial charge in [-0.15, -0.1) is 0 Å². The summed E-state index contributed by atoms with van der Waals surface area (Å²) >= 11 is 1.42. The fraction of sp³-hybridized carbons (Fsp3) is 0.206. The van der Waals surface area contributed by atoms with E-state index in [2.05, 4.69) is 35.6 Å². The van der Waals surface area contributed by atoms with Crippen LogP contribution in [0.4, 0.5) is 22.0 Å².